The maximum absolute atomic E-state index is 9.59. The average Bonchev–Trinajstić information content (AvgIpc) is 2.63. The summed E-state index contributed by atoms with van der Waals surface area (Å²) >= 11 is 0. The van der Waals surface area contributed by atoms with E-state index in [1.54, 1.807) is 0 Å². The fourth-order valence-corrected chi connectivity index (χ4v) is 2.15. The predicted molar refractivity (Wildman–Crippen MR) is 70.2 cm³/mol. The largest absolute Gasteiger partial charge is 0.490 e. The Labute approximate surface area is 108 Å². The van der Waals surface area contributed by atoms with Gasteiger partial charge in [-0.2, -0.15) is 0 Å². The SMILES string of the molecule is CCNC(C)(CO)c1ccc2c(c1)OCCCO2. The van der Waals surface area contributed by atoms with Gasteiger partial charge in [0.1, 0.15) is 0 Å². The molecule has 1 atom stereocenters. The van der Waals surface area contributed by atoms with E-state index in [1.807, 2.05) is 32.0 Å². The van der Waals surface area contributed by atoms with Crippen molar-refractivity contribution in [3.8, 4) is 11.5 Å². The predicted octanol–water partition coefficient (Wildman–Crippen LogP) is 1.66. The molecule has 1 aromatic carbocycles. The van der Waals surface area contributed by atoms with E-state index in [1.165, 1.54) is 0 Å². The van der Waals surface area contributed by atoms with Crippen LogP contribution in [0, 0.1) is 0 Å². The van der Waals surface area contributed by atoms with Crippen molar-refractivity contribution in [3.05, 3.63) is 23.8 Å². The van der Waals surface area contributed by atoms with Gasteiger partial charge in [0.15, 0.2) is 11.5 Å². The molecule has 0 aliphatic carbocycles. The van der Waals surface area contributed by atoms with Gasteiger partial charge in [-0.25, -0.2) is 0 Å². The smallest absolute Gasteiger partial charge is 0.161 e. The molecule has 0 amide bonds. The molecule has 2 rings (SSSR count). The quantitative estimate of drug-likeness (QED) is 0.854. The third kappa shape index (κ3) is 2.60. The summed E-state index contributed by atoms with van der Waals surface area (Å²) in [5.41, 5.74) is 0.565. The van der Waals surface area contributed by atoms with Crippen LogP contribution in [0.1, 0.15) is 25.8 Å². The number of ether oxygens (including phenoxy) is 2. The van der Waals surface area contributed by atoms with Crippen molar-refractivity contribution in [3.63, 3.8) is 0 Å². The molecule has 0 aromatic heterocycles. The van der Waals surface area contributed by atoms with E-state index in [4.69, 9.17) is 9.47 Å². The van der Waals surface area contributed by atoms with Crippen LogP contribution in [0.15, 0.2) is 18.2 Å². The van der Waals surface area contributed by atoms with Crippen LogP contribution in [0.3, 0.4) is 0 Å². The molecule has 18 heavy (non-hydrogen) atoms. The van der Waals surface area contributed by atoms with Gasteiger partial charge in [-0.1, -0.05) is 13.0 Å². The second-order valence-corrected chi connectivity index (χ2v) is 4.73. The summed E-state index contributed by atoms with van der Waals surface area (Å²) < 4.78 is 11.3. The normalized spacial score (nSPS) is 17.9. The van der Waals surface area contributed by atoms with Crippen molar-refractivity contribution in [2.75, 3.05) is 26.4 Å². The van der Waals surface area contributed by atoms with Crippen molar-refractivity contribution in [1.82, 2.24) is 5.32 Å². The summed E-state index contributed by atoms with van der Waals surface area (Å²) in [7, 11) is 0. The molecule has 0 radical (unpaired) electrons. The lowest BCUT2D eigenvalue weighted by Gasteiger charge is -2.29. The van der Waals surface area contributed by atoms with Gasteiger partial charge in [-0.3, -0.25) is 0 Å². The number of likely N-dealkylation sites (N-methyl/N-ethyl adjacent to an activating group) is 1. The molecule has 4 nitrogen and oxygen atoms in total. The monoisotopic (exact) mass is 251 g/mol. The fourth-order valence-electron chi connectivity index (χ4n) is 2.15. The number of aliphatic hydroxyl groups is 1. The number of aliphatic hydroxyl groups excluding tert-OH is 1. The molecular weight excluding hydrogens is 230 g/mol. The first kappa shape index (κ1) is 13.2. The van der Waals surface area contributed by atoms with Gasteiger partial charge in [0.25, 0.3) is 0 Å². The molecule has 1 aromatic rings. The summed E-state index contributed by atoms with van der Waals surface area (Å²) in [5.74, 6) is 1.55. The highest BCUT2D eigenvalue weighted by molar-refractivity contribution is 5.45. The van der Waals surface area contributed by atoms with Crippen LogP contribution in [0.25, 0.3) is 0 Å². The third-order valence-corrected chi connectivity index (χ3v) is 3.27. The molecule has 1 unspecified atom stereocenters. The van der Waals surface area contributed by atoms with Gasteiger partial charge in [-0.05, 0) is 31.2 Å². The van der Waals surface area contributed by atoms with E-state index >= 15 is 0 Å². The number of benzene rings is 1. The Morgan fingerprint density at radius 1 is 1.28 bits per heavy atom. The molecule has 100 valence electrons. The van der Waals surface area contributed by atoms with Crippen LogP contribution < -0.4 is 14.8 Å². The summed E-state index contributed by atoms with van der Waals surface area (Å²) in [6.07, 6.45) is 0.897. The van der Waals surface area contributed by atoms with Gasteiger partial charge >= 0.3 is 0 Å². The molecular formula is C14H21NO3. The minimum absolute atomic E-state index is 0.0421. The Morgan fingerprint density at radius 3 is 2.67 bits per heavy atom. The molecule has 1 aliphatic heterocycles. The van der Waals surface area contributed by atoms with Gasteiger partial charge in [0.05, 0.1) is 25.4 Å². The highest BCUT2D eigenvalue weighted by atomic mass is 16.5. The second kappa shape index (κ2) is 5.59. The van der Waals surface area contributed by atoms with Crippen LogP contribution in [0.2, 0.25) is 0 Å². The molecule has 1 aliphatic rings. The molecule has 0 bridgehead atoms. The first-order valence-electron chi connectivity index (χ1n) is 6.45. The minimum atomic E-state index is -0.445. The first-order valence-corrected chi connectivity index (χ1v) is 6.45. The second-order valence-electron chi connectivity index (χ2n) is 4.73. The Bertz CT molecular complexity index is 408. The topological polar surface area (TPSA) is 50.7 Å². The fraction of sp³-hybridized carbons (Fsp3) is 0.571. The summed E-state index contributed by atoms with van der Waals surface area (Å²) in [6.45, 7) is 6.21. The summed E-state index contributed by atoms with van der Waals surface area (Å²) in [4.78, 5) is 0. The Hall–Kier alpha value is -1.26. The lowest BCUT2D eigenvalue weighted by Crippen LogP contribution is -2.42. The zero-order valence-corrected chi connectivity index (χ0v) is 11.0. The van der Waals surface area contributed by atoms with E-state index in [9.17, 15) is 5.11 Å². The zero-order valence-electron chi connectivity index (χ0n) is 11.0. The highest BCUT2D eigenvalue weighted by Gasteiger charge is 2.26. The van der Waals surface area contributed by atoms with E-state index < -0.39 is 5.54 Å². The maximum Gasteiger partial charge on any atom is 0.161 e. The summed E-state index contributed by atoms with van der Waals surface area (Å²) in [6, 6.07) is 5.85. The Balaban J connectivity index is 2.31. The van der Waals surface area contributed by atoms with Gasteiger partial charge in [-0.15, -0.1) is 0 Å². The van der Waals surface area contributed by atoms with E-state index in [2.05, 4.69) is 5.32 Å². The molecule has 0 saturated carbocycles. The molecule has 2 N–H and O–H groups in total. The lowest BCUT2D eigenvalue weighted by atomic mass is 9.92. The average molecular weight is 251 g/mol. The minimum Gasteiger partial charge on any atom is -0.490 e. The van der Waals surface area contributed by atoms with Crippen LogP contribution in [-0.2, 0) is 5.54 Å². The van der Waals surface area contributed by atoms with Crippen molar-refractivity contribution < 1.29 is 14.6 Å². The number of rotatable bonds is 4. The van der Waals surface area contributed by atoms with Crippen LogP contribution >= 0.6 is 0 Å². The molecule has 0 spiro atoms. The molecule has 0 fully saturated rings. The van der Waals surface area contributed by atoms with Gasteiger partial charge < -0.3 is 19.9 Å². The number of nitrogens with one attached hydrogen (secondary N) is 1. The lowest BCUT2D eigenvalue weighted by molar-refractivity contribution is 0.177. The van der Waals surface area contributed by atoms with Crippen LogP contribution in [0.4, 0.5) is 0 Å². The highest BCUT2D eigenvalue weighted by Crippen LogP contribution is 2.33. The van der Waals surface area contributed by atoms with Gasteiger partial charge in [0.2, 0.25) is 0 Å². The van der Waals surface area contributed by atoms with E-state index in [0.717, 1.165) is 30.0 Å². The Morgan fingerprint density at radius 2 is 2.00 bits per heavy atom. The number of fused-ring (bicyclic) bond motifs is 1. The zero-order chi connectivity index (χ0) is 13.0. The number of hydrogen-bond acceptors (Lipinski definition) is 4. The molecule has 1 heterocycles. The summed E-state index contributed by atoms with van der Waals surface area (Å²) in [5, 5.41) is 12.9. The number of hydrogen-bond donors (Lipinski definition) is 2. The standard InChI is InChI=1S/C14H21NO3/c1-3-15-14(2,10-16)11-5-6-12-13(9-11)18-8-4-7-17-12/h5-6,9,15-16H,3-4,7-8,10H2,1-2H3. The van der Waals surface area contributed by atoms with Crippen molar-refractivity contribution in [1.29, 1.82) is 0 Å². The van der Waals surface area contributed by atoms with Crippen molar-refractivity contribution >= 4 is 0 Å². The van der Waals surface area contributed by atoms with Crippen molar-refractivity contribution in [2.24, 2.45) is 0 Å². The van der Waals surface area contributed by atoms with Crippen LogP contribution in [0.5, 0.6) is 11.5 Å². The first-order chi connectivity index (χ1) is 8.69. The molecule has 0 saturated heterocycles. The van der Waals surface area contributed by atoms with E-state index in [0.29, 0.717) is 13.2 Å². The third-order valence-electron chi connectivity index (χ3n) is 3.27. The van der Waals surface area contributed by atoms with Gasteiger partial charge in [0, 0.05) is 6.42 Å². The Kier molecular flexibility index (Phi) is 4.09. The van der Waals surface area contributed by atoms with Crippen LogP contribution in [-0.4, -0.2) is 31.5 Å². The molecule has 4 heteroatoms. The van der Waals surface area contributed by atoms with E-state index in [-0.39, 0.29) is 6.61 Å². The van der Waals surface area contributed by atoms with Crippen molar-refractivity contribution in [2.45, 2.75) is 25.8 Å². The maximum atomic E-state index is 9.59.